The van der Waals surface area contributed by atoms with Gasteiger partial charge in [0.25, 0.3) is 0 Å². The second-order valence-corrected chi connectivity index (χ2v) is 5.98. The van der Waals surface area contributed by atoms with Crippen LogP contribution in [-0.4, -0.2) is 4.98 Å². The molecule has 0 bridgehead atoms. The van der Waals surface area contributed by atoms with Crippen LogP contribution in [0.1, 0.15) is 0 Å². The minimum Gasteiger partial charge on any atom is -0.399 e. The summed E-state index contributed by atoms with van der Waals surface area (Å²) in [5, 5.41) is 5.18. The number of aromatic nitrogens is 1. The normalized spacial score (nSPS) is 10.7. The lowest BCUT2D eigenvalue weighted by Gasteiger charge is -2.11. The molecular formula is C15H11ClIN3. The van der Waals surface area contributed by atoms with Crippen LogP contribution >= 0.6 is 34.2 Å². The van der Waals surface area contributed by atoms with Gasteiger partial charge >= 0.3 is 0 Å². The van der Waals surface area contributed by atoms with Crippen molar-refractivity contribution in [1.29, 1.82) is 0 Å². The molecule has 3 N–H and O–H groups in total. The van der Waals surface area contributed by atoms with Crippen molar-refractivity contribution in [3.8, 4) is 0 Å². The Morgan fingerprint density at radius 3 is 2.70 bits per heavy atom. The first kappa shape index (κ1) is 13.5. The van der Waals surface area contributed by atoms with Crippen molar-refractivity contribution in [3.05, 3.63) is 57.3 Å². The number of anilines is 3. The predicted molar refractivity (Wildman–Crippen MR) is 93.6 cm³/mol. The molecule has 0 saturated heterocycles. The summed E-state index contributed by atoms with van der Waals surface area (Å²) in [6, 6.07) is 13.4. The summed E-state index contributed by atoms with van der Waals surface area (Å²) in [5.74, 6) is 0. The van der Waals surface area contributed by atoms with Gasteiger partial charge in [-0.1, -0.05) is 11.6 Å². The van der Waals surface area contributed by atoms with Crippen LogP contribution in [0.15, 0.2) is 48.7 Å². The van der Waals surface area contributed by atoms with E-state index < -0.39 is 0 Å². The number of nitrogen functional groups attached to an aromatic ring is 1. The molecule has 100 valence electrons. The van der Waals surface area contributed by atoms with E-state index in [1.807, 2.05) is 42.5 Å². The Balaban J connectivity index is 2.06. The number of fused-ring (bicyclic) bond motifs is 1. The van der Waals surface area contributed by atoms with Gasteiger partial charge in [-0.3, -0.25) is 4.98 Å². The van der Waals surface area contributed by atoms with Gasteiger partial charge in [-0.15, -0.1) is 0 Å². The van der Waals surface area contributed by atoms with Crippen molar-refractivity contribution in [2.24, 2.45) is 0 Å². The Labute approximate surface area is 135 Å². The average Bonchev–Trinajstić information content (AvgIpc) is 2.41. The molecule has 2 aromatic carbocycles. The first-order valence-corrected chi connectivity index (χ1v) is 7.45. The van der Waals surface area contributed by atoms with Crippen LogP contribution in [0.25, 0.3) is 10.9 Å². The van der Waals surface area contributed by atoms with Crippen molar-refractivity contribution < 1.29 is 0 Å². The molecule has 1 aromatic heterocycles. The Morgan fingerprint density at radius 2 is 1.90 bits per heavy atom. The van der Waals surface area contributed by atoms with Crippen LogP contribution in [0.3, 0.4) is 0 Å². The minimum atomic E-state index is 0.711. The van der Waals surface area contributed by atoms with Gasteiger partial charge in [0.1, 0.15) is 0 Å². The van der Waals surface area contributed by atoms with Gasteiger partial charge in [-0.05, 0) is 65.1 Å². The largest absolute Gasteiger partial charge is 0.399 e. The van der Waals surface area contributed by atoms with E-state index in [0.717, 1.165) is 30.9 Å². The van der Waals surface area contributed by atoms with Crippen LogP contribution in [0, 0.1) is 3.57 Å². The molecule has 0 unspecified atom stereocenters. The number of hydrogen-bond donors (Lipinski definition) is 2. The van der Waals surface area contributed by atoms with Crippen molar-refractivity contribution in [2.45, 2.75) is 0 Å². The minimum absolute atomic E-state index is 0.711. The monoisotopic (exact) mass is 395 g/mol. The van der Waals surface area contributed by atoms with Gasteiger partial charge in [0.05, 0.1) is 11.2 Å². The van der Waals surface area contributed by atoms with E-state index >= 15 is 0 Å². The fourth-order valence-corrected chi connectivity index (χ4v) is 3.02. The van der Waals surface area contributed by atoms with Crippen LogP contribution in [-0.2, 0) is 0 Å². The highest BCUT2D eigenvalue weighted by Gasteiger charge is 2.05. The highest BCUT2D eigenvalue weighted by atomic mass is 127. The molecule has 0 saturated carbocycles. The number of hydrogen-bond acceptors (Lipinski definition) is 3. The molecule has 3 rings (SSSR count). The lowest BCUT2D eigenvalue weighted by atomic mass is 10.1. The summed E-state index contributed by atoms with van der Waals surface area (Å²) >= 11 is 8.24. The molecule has 3 nitrogen and oxygen atoms in total. The maximum atomic E-state index is 5.98. The summed E-state index contributed by atoms with van der Waals surface area (Å²) in [5.41, 5.74) is 9.39. The van der Waals surface area contributed by atoms with Crippen LogP contribution in [0.5, 0.6) is 0 Å². The van der Waals surface area contributed by atoms with E-state index in [4.69, 9.17) is 17.3 Å². The van der Waals surface area contributed by atoms with E-state index in [2.05, 4.69) is 32.9 Å². The number of pyridine rings is 1. The first-order chi connectivity index (χ1) is 9.63. The zero-order valence-corrected chi connectivity index (χ0v) is 13.3. The molecule has 1 heterocycles. The maximum Gasteiger partial charge on any atom is 0.0743 e. The molecular weight excluding hydrogens is 385 g/mol. The fraction of sp³-hybridized carbons (Fsp3) is 0. The topological polar surface area (TPSA) is 50.9 Å². The third kappa shape index (κ3) is 2.66. The number of nitrogens with zero attached hydrogens (tertiary/aromatic N) is 1. The quantitative estimate of drug-likeness (QED) is 0.483. The van der Waals surface area contributed by atoms with Crippen molar-refractivity contribution in [1.82, 2.24) is 4.98 Å². The molecule has 0 aliphatic heterocycles. The summed E-state index contributed by atoms with van der Waals surface area (Å²) in [4.78, 5) is 4.34. The van der Waals surface area contributed by atoms with E-state index in [9.17, 15) is 0 Å². The van der Waals surface area contributed by atoms with E-state index in [0.29, 0.717) is 5.69 Å². The zero-order valence-electron chi connectivity index (χ0n) is 10.4. The number of benzene rings is 2. The maximum absolute atomic E-state index is 5.98. The van der Waals surface area contributed by atoms with Crippen molar-refractivity contribution in [2.75, 3.05) is 11.1 Å². The highest BCUT2D eigenvalue weighted by Crippen LogP contribution is 2.29. The van der Waals surface area contributed by atoms with Crippen LogP contribution in [0.2, 0.25) is 5.02 Å². The van der Waals surface area contributed by atoms with Crippen LogP contribution < -0.4 is 11.1 Å². The molecule has 0 radical (unpaired) electrons. The number of halogens is 2. The lowest BCUT2D eigenvalue weighted by molar-refractivity contribution is 1.40. The number of nitrogens with two attached hydrogens (primary N) is 1. The summed E-state index contributed by atoms with van der Waals surface area (Å²) in [6.07, 6.45) is 1.77. The standard InChI is InChI=1S/C15H11ClIN3/c16-9-1-4-14(12(17)7-9)20-13-5-6-19-15-8-10(18)2-3-11(13)15/h1-8H,18H2,(H,19,20). The molecule has 0 amide bonds. The second kappa shape index (κ2) is 5.46. The molecule has 5 heteroatoms. The van der Waals surface area contributed by atoms with Gasteiger partial charge in [0.15, 0.2) is 0 Å². The average molecular weight is 396 g/mol. The SMILES string of the molecule is Nc1ccc2c(Nc3ccc(Cl)cc3I)ccnc2c1. The van der Waals surface area contributed by atoms with Crippen LogP contribution in [0.4, 0.5) is 17.1 Å². The molecule has 20 heavy (non-hydrogen) atoms. The second-order valence-electron chi connectivity index (χ2n) is 4.38. The molecule has 0 spiro atoms. The summed E-state index contributed by atoms with van der Waals surface area (Å²) < 4.78 is 1.07. The Kier molecular flexibility index (Phi) is 3.67. The van der Waals surface area contributed by atoms with Gasteiger partial charge in [-0.2, -0.15) is 0 Å². The zero-order chi connectivity index (χ0) is 14.1. The Bertz CT molecular complexity index is 789. The molecule has 3 aromatic rings. The van der Waals surface area contributed by atoms with E-state index in [1.165, 1.54) is 0 Å². The van der Waals surface area contributed by atoms with Gasteiger partial charge < -0.3 is 11.1 Å². The van der Waals surface area contributed by atoms with Crippen molar-refractivity contribution in [3.63, 3.8) is 0 Å². The van der Waals surface area contributed by atoms with E-state index in [-0.39, 0.29) is 0 Å². The summed E-state index contributed by atoms with van der Waals surface area (Å²) in [7, 11) is 0. The molecule has 0 aliphatic carbocycles. The molecule has 0 atom stereocenters. The fourth-order valence-electron chi connectivity index (χ4n) is 2.01. The van der Waals surface area contributed by atoms with Gasteiger partial charge in [0, 0.05) is 31.6 Å². The molecule has 0 fully saturated rings. The predicted octanol–water partition coefficient (Wildman–Crippen LogP) is 4.82. The molecule has 0 aliphatic rings. The van der Waals surface area contributed by atoms with E-state index in [1.54, 1.807) is 6.20 Å². The highest BCUT2D eigenvalue weighted by molar-refractivity contribution is 14.1. The third-order valence-electron chi connectivity index (χ3n) is 2.97. The smallest absolute Gasteiger partial charge is 0.0743 e. The third-order valence-corrected chi connectivity index (χ3v) is 4.09. The number of nitrogens with one attached hydrogen (secondary N) is 1. The van der Waals surface area contributed by atoms with Gasteiger partial charge in [0.2, 0.25) is 0 Å². The Hall–Kier alpha value is -1.53. The summed E-state index contributed by atoms with van der Waals surface area (Å²) in [6.45, 7) is 0. The number of rotatable bonds is 2. The van der Waals surface area contributed by atoms with Crippen molar-refractivity contribution >= 4 is 62.2 Å². The van der Waals surface area contributed by atoms with Gasteiger partial charge in [-0.25, -0.2) is 0 Å². The lowest BCUT2D eigenvalue weighted by Crippen LogP contribution is -1.95. The Morgan fingerprint density at radius 1 is 1.05 bits per heavy atom. The first-order valence-electron chi connectivity index (χ1n) is 6.00.